The molecule has 0 fully saturated rings. The molecule has 0 amide bonds. The van der Waals surface area contributed by atoms with Crippen LogP contribution in [0.3, 0.4) is 0 Å². The van der Waals surface area contributed by atoms with Crippen LogP contribution in [-0.4, -0.2) is 24.6 Å². The Hall–Kier alpha value is -1.59. The number of nitrogens with one attached hydrogen (secondary N) is 2. The molecule has 1 heterocycles. The predicted octanol–water partition coefficient (Wildman–Crippen LogP) is 1.24. The van der Waals surface area contributed by atoms with Gasteiger partial charge in [0.15, 0.2) is 5.58 Å². The van der Waals surface area contributed by atoms with Crippen LogP contribution in [0.25, 0.3) is 11.1 Å². The van der Waals surface area contributed by atoms with Gasteiger partial charge in [0.05, 0.1) is 5.52 Å². The molecule has 0 aliphatic rings. The van der Waals surface area contributed by atoms with E-state index in [-0.39, 0.29) is 5.41 Å². The molecule has 0 spiro atoms. The van der Waals surface area contributed by atoms with Gasteiger partial charge in [0.1, 0.15) is 0 Å². The second-order valence-corrected chi connectivity index (χ2v) is 5.64. The van der Waals surface area contributed by atoms with Gasteiger partial charge in [-0.15, -0.1) is 0 Å². The fourth-order valence-corrected chi connectivity index (χ4v) is 1.89. The lowest BCUT2D eigenvalue weighted by Gasteiger charge is -2.22. The van der Waals surface area contributed by atoms with Crippen LogP contribution in [0.1, 0.15) is 19.4 Å². The molecule has 19 heavy (non-hydrogen) atoms. The third-order valence-electron chi connectivity index (χ3n) is 3.23. The van der Waals surface area contributed by atoms with E-state index in [1.807, 2.05) is 18.2 Å². The van der Waals surface area contributed by atoms with Crippen molar-refractivity contribution in [1.29, 1.82) is 0 Å². The van der Waals surface area contributed by atoms with Crippen LogP contribution in [0.5, 0.6) is 0 Å². The van der Waals surface area contributed by atoms with Crippen molar-refractivity contribution in [1.82, 2.24) is 10.3 Å². The van der Waals surface area contributed by atoms with E-state index in [2.05, 4.69) is 24.1 Å². The molecule has 0 saturated heterocycles. The Labute approximate surface area is 112 Å². The summed E-state index contributed by atoms with van der Waals surface area (Å²) in [6, 6.07) is 5.76. The molecule has 0 bridgehead atoms. The number of hydrogen-bond acceptors (Lipinski definition) is 4. The van der Waals surface area contributed by atoms with E-state index in [4.69, 9.17) is 10.2 Å². The van der Waals surface area contributed by atoms with Gasteiger partial charge in [-0.25, -0.2) is 4.79 Å². The summed E-state index contributed by atoms with van der Waals surface area (Å²) in [7, 11) is 0. The largest absolute Gasteiger partial charge is 0.417 e. The van der Waals surface area contributed by atoms with Crippen molar-refractivity contribution in [2.45, 2.75) is 20.3 Å². The van der Waals surface area contributed by atoms with Gasteiger partial charge in [-0.05, 0) is 42.6 Å². The number of aromatic nitrogens is 1. The Morgan fingerprint density at radius 1 is 1.42 bits per heavy atom. The van der Waals surface area contributed by atoms with Crippen molar-refractivity contribution in [3.63, 3.8) is 0 Å². The van der Waals surface area contributed by atoms with E-state index in [0.717, 1.165) is 25.0 Å². The highest BCUT2D eigenvalue weighted by Gasteiger charge is 2.14. The van der Waals surface area contributed by atoms with Gasteiger partial charge in [0.2, 0.25) is 0 Å². The highest BCUT2D eigenvalue weighted by molar-refractivity contribution is 5.72. The maximum atomic E-state index is 11.1. The number of benzene rings is 1. The quantitative estimate of drug-likeness (QED) is 0.685. The van der Waals surface area contributed by atoms with Crippen LogP contribution in [0.15, 0.2) is 27.4 Å². The Balaban J connectivity index is 1.89. The first-order valence-electron chi connectivity index (χ1n) is 6.53. The number of oxazole rings is 1. The smallest absolute Gasteiger partial charge is 0.408 e. The minimum atomic E-state index is -0.407. The van der Waals surface area contributed by atoms with Crippen molar-refractivity contribution in [3.05, 3.63) is 34.3 Å². The Kier molecular flexibility index (Phi) is 4.07. The van der Waals surface area contributed by atoms with Crippen molar-refractivity contribution in [3.8, 4) is 0 Å². The summed E-state index contributed by atoms with van der Waals surface area (Å²) in [6.45, 7) is 6.73. The minimum Gasteiger partial charge on any atom is -0.408 e. The van der Waals surface area contributed by atoms with Crippen LogP contribution >= 0.6 is 0 Å². The molecule has 0 radical (unpaired) electrons. The van der Waals surface area contributed by atoms with Gasteiger partial charge in [0.25, 0.3) is 0 Å². The lowest BCUT2D eigenvalue weighted by Crippen LogP contribution is -2.36. The van der Waals surface area contributed by atoms with E-state index in [9.17, 15) is 4.79 Å². The summed E-state index contributed by atoms with van der Waals surface area (Å²) >= 11 is 0. The molecule has 1 aromatic carbocycles. The third kappa shape index (κ3) is 3.68. The third-order valence-corrected chi connectivity index (χ3v) is 3.23. The molecule has 1 aromatic heterocycles. The number of rotatable bonds is 6. The predicted molar refractivity (Wildman–Crippen MR) is 76.2 cm³/mol. The average Bonchev–Trinajstić information content (AvgIpc) is 2.74. The van der Waals surface area contributed by atoms with Gasteiger partial charge >= 0.3 is 5.76 Å². The first-order valence-corrected chi connectivity index (χ1v) is 6.53. The molecule has 0 saturated carbocycles. The molecular weight excluding hydrogens is 242 g/mol. The van der Waals surface area contributed by atoms with E-state index in [0.29, 0.717) is 12.1 Å². The molecule has 0 unspecified atom stereocenters. The van der Waals surface area contributed by atoms with Crippen molar-refractivity contribution in [2.24, 2.45) is 11.1 Å². The number of aromatic amines is 1. The number of fused-ring (bicyclic) bond motifs is 1. The Bertz CT molecular complexity index is 598. The van der Waals surface area contributed by atoms with E-state index < -0.39 is 5.76 Å². The number of hydrogen-bond donors (Lipinski definition) is 3. The second kappa shape index (κ2) is 5.59. The van der Waals surface area contributed by atoms with Crippen LogP contribution in [0.2, 0.25) is 0 Å². The normalized spacial score (nSPS) is 12.2. The molecule has 0 aliphatic heterocycles. The fraction of sp³-hybridized carbons (Fsp3) is 0.500. The lowest BCUT2D eigenvalue weighted by molar-refractivity contribution is 0.353. The zero-order valence-electron chi connectivity index (χ0n) is 11.5. The maximum absolute atomic E-state index is 11.1. The lowest BCUT2D eigenvalue weighted by atomic mass is 9.94. The molecule has 0 atom stereocenters. The zero-order chi connectivity index (χ0) is 13.9. The summed E-state index contributed by atoms with van der Waals surface area (Å²) in [5, 5.41) is 3.40. The standard InChI is InChI=1S/C14H21N3O2/c1-14(2,8-15)9-16-6-5-10-3-4-12-11(7-10)17-13(18)19-12/h3-4,7,16H,5-6,8-9,15H2,1-2H3,(H,17,18). The number of H-pyrrole nitrogens is 1. The highest BCUT2D eigenvalue weighted by atomic mass is 16.4. The molecule has 104 valence electrons. The van der Waals surface area contributed by atoms with Crippen LogP contribution < -0.4 is 16.8 Å². The maximum Gasteiger partial charge on any atom is 0.417 e. The summed E-state index contributed by atoms with van der Waals surface area (Å²) in [5.74, 6) is -0.407. The summed E-state index contributed by atoms with van der Waals surface area (Å²) in [6.07, 6.45) is 0.907. The van der Waals surface area contributed by atoms with Crippen LogP contribution in [0, 0.1) is 5.41 Å². The van der Waals surface area contributed by atoms with Crippen LogP contribution in [-0.2, 0) is 6.42 Å². The topological polar surface area (TPSA) is 84.0 Å². The molecule has 5 heteroatoms. The SMILES string of the molecule is CC(C)(CN)CNCCc1ccc2oc(=O)[nH]c2c1. The number of nitrogens with two attached hydrogens (primary N) is 1. The minimum absolute atomic E-state index is 0.125. The molecule has 2 aromatic rings. The van der Waals surface area contributed by atoms with Crippen molar-refractivity contribution in [2.75, 3.05) is 19.6 Å². The zero-order valence-corrected chi connectivity index (χ0v) is 11.5. The van der Waals surface area contributed by atoms with Crippen molar-refractivity contribution < 1.29 is 4.42 Å². The van der Waals surface area contributed by atoms with E-state index in [1.165, 1.54) is 5.56 Å². The van der Waals surface area contributed by atoms with Gasteiger partial charge in [-0.2, -0.15) is 0 Å². The summed E-state index contributed by atoms with van der Waals surface area (Å²) < 4.78 is 4.97. The van der Waals surface area contributed by atoms with Crippen molar-refractivity contribution >= 4 is 11.1 Å². The molecule has 2 rings (SSSR count). The Morgan fingerprint density at radius 2 is 2.21 bits per heavy atom. The highest BCUT2D eigenvalue weighted by Crippen LogP contribution is 2.13. The summed E-state index contributed by atoms with van der Waals surface area (Å²) in [4.78, 5) is 13.7. The second-order valence-electron chi connectivity index (χ2n) is 5.64. The summed E-state index contributed by atoms with van der Waals surface area (Å²) in [5.41, 5.74) is 8.33. The molecular formula is C14H21N3O2. The monoisotopic (exact) mass is 263 g/mol. The fourth-order valence-electron chi connectivity index (χ4n) is 1.89. The van der Waals surface area contributed by atoms with Gasteiger partial charge in [0, 0.05) is 6.54 Å². The molecule has 0 aliphatic carbocycles. The molecule has 4 N–H and O–H groups in total. The van der Waals surface area contributed by atoms with Gasteiger partial charge < -0.3 is 15.5 Å². The Morgan fingerprint density at radius 3 is 2.95 bits per heavy atom. The average molecular weight is 263 g/mol. The molecule has 5 nitrogen and oxygen atoms in total. The first-order chi connectivity index (χ1) is 9.00. The van der Waals surface area contributed by atoms with Gasteiger partial charge in [-0.1, -0.05) is 19.9 Å². The first kappa shape index (κ1) is 13.8. The van der Waals surface area contributed by atoms with E-state index in [1.54, 1.807) is 0 Å². The van der Waals surface area contributed by atoms with Gasteiger partial charge in [-0.3, -0.25) is 4.98 Å². The van der Waals surface area contributed by atoms with E-state index >= 15 is 0 Å². The van der Waals surface area contributed by atoms with Crippen LogP contribution in [0.4, 0.5) is 0 Å².